The van der Waals surface area contributed by atoms with E-state index in [2.05, 4.69) is 5.10 Å². The normalized spacial score (nSPS) is 17.1. The van der Waals surface area contributed by atoms with Crippen molar-refractivity contribution in [3.05, 3.63) is 59.2 Å². The van der Waals surface area contributed by atoms with Crippen LogP contribution < -0.4 is 4.90 Å². The molecular weight excluding hydrogens is 502 g/mol. The van der Waals surface area contributed by atoms with Crippen LogP contribution in [0.25, 0.3) is 10.2 Å². The standard InChI is InChI=1S/C24H27N5O3S3/c1-17-15-18(2)29(26-17)13-12-28(24-25-20-8-3-4-9-21(20)34-24)23(30)19-7-5-11-27(16-19)35(31,32)22-10-6-14-33-22/h3-4,6,8-10,14-15,19H,5,7,11-13,16H2,1-2H3. The van der Waals surface area contributed by atoms with E-state index in [1.807, 2.05) is 48.9 Å². The Kier molecular flexibility index (Phi) is 6.75. The van der Waals surface area contributed by atoms with Crippen LogP contribution in [0.2, 0.25) is 0 Å². The Morgan fingerprint density at radius 1 is 1.20 bits per heavy atom. The van der Waals surface area contributed by atoms with Gasteiger partial charge < -0.3 is 0 Å². The number of benzene rings is 1. The number of aromatic nitrogens is 3. The molecule has 1 fully saturated rings. The molecule has 1 saturated heterocycles. The quantitative estimate of drug-likeness (QED) is 0.356. The molecule has 1 aliphatic heterocycles. The predicted molar refractivity (Wildman–Crippen MR) is 139 cm³/mol. The van der Waals surface area contributed by atoms with Gasteiger partial charge in [0, 0.05) is 25.3 Å². The lowest BCUT2D eigenvalue weighted by molar-refractivity contribution is -0.123. The number of thiophene rings is 1. The Morgan fingerprint density at radius 3 is 2.74 bits per heavy atom. The molecule has 3 aromatic heterocycles. The van der Waals surface area contributed by atoms with Gasteiger partial charge in [0.1, 0.15) is 4.21 Å². The van der Waals surface area contributed by atoms with Crippen molar-refractivity contribution < 1.29 is 13.2 Å². The summed E-state index contributed by atoms with van der Waals surface area (Å²) in [5, 5.41) is 6.93. The summed E-state index contributed by atoms with van der Waals surface area (Å²) in [4.78, 5) is 20.4. The molecule has 1 atom stereocenters. The van der Waals surface area contributed by atoms with Crippen molar-refractivity contribution in [1.82, 2.24) is 19.1 Å². The molecule has 1 aliphatic rings. The van der Waals surface area contributed by atoms with E-state index in [-0.39, 0.29) is 12.5 Å². The van der Waals surface area contributed by atoms with E-state index in [9.17, 15) is 13.2 Å². The number of carbonyl (C=O) groups excluding carboxylic acids is 1. The van der Waals surface area contributed by atoms with Crippen molar-refractivity contribution in [3.63, 3.8) is 0 Å². The summed E-state index contributed by atoms with van der Waals surface area (Å²) in [6.07, 6.45) is 1.29. The fourth-order valence-electron chi connectivity index (χ4n) is 4.49. The van der Waals surface area contributed by atoms with E-state index in [0.717, 1.165) is 21.6 Å². The van der Waals surface area contributed by atoms with Crippen LogP contribution in [0, 0.1) is 19.8 Å². The number of fused-ring (bicyclic) bond motifs is 1. The molecule has 0 bridgehead atoms. The first-order chi connectivity index (χ1) is 16.8. The lowest BCUT2D eigenvalue weighted by atomic mass is 9.98. The molecule has 5 rings (SSSR count). The third-order valence-corrected chi connectivity index (χ3v) is 10.5. The molecule has 0 saturated carbocycles. The number of piperidine rings is 1. The predicted octanol–water partition coefficient (Wildman–Crippen LogP) is 4.31. The Labute approximate surface area is 212 Å². The molecule has 1 unspecified atom stereocenters. The largest absolute Gasteiger partial charge is 0.286 e. The van der Waals surface area contributed by atoms with Crippen LogP contribution in [-0.4, -0.2) is 53.0 Å². The molecular formula is C24H27N5O3S3. The second-order valence-corrected chi connectivity index (χ2v) is 12.9. The van der Waals surface area contributed by atoms with Gasteiger partial charge >= 0.3 is 0 Å². The van der Waals surface area contributed by atoms with E-state index < -0.39 is 15.9 Å². The van der Waals surface area contributed by atoms with E-state index in [1.54, 1.807) is 22.4 Å². The zero-order chi connectivity index (χ0) is 24.6. The number of amides is 1. The van der Waals surface area contributed by atoms with Gasteiger partial charge in [0.25, 0.3) is 10.0 Å². The number of carbonyl (C=O) groups is 1. The van der Waals surface area contributed by atoms with Crippen molar-refractivity contribution in [2.45, 2.75) is 37.4 Å². The van der Waals surface area contributed by atoms with Crippen LogP contribution in [0.4, 0.5) is 5.13 Å². The van der Waals surface area contributed by atoms with Gasteiger partial charge in [-0.2, -0.15) is 9.40 Å². The lowest BCUT2D eigenvalue weighted by Gasteiger charge is -2.33. The summed E-state index contributed by atoms with van der Waals surface area (Å²) < 4.78 is 30.9. The van der Waals surface area contributed by atoms with Gasteiger partial charge in [-0.1, -0.05) is 29.5 Å². The van der Waals surface area contributed by atoms with Gasteiger partial charge in [0.2, 0.25) is 5.91 Å². The molecule has 1 aromatic carbocycles. The first-order valence-electron chi connectivity index (χ1n) is 11.5. The zero-order valence-electron chi connectivity index (χ0n) is 19.6. The van der Waals surface area contributed by atoms with Gasteiger partial charge in [-0.15, -0.1) is 11.3 Å². The Hall–Kier alpha value is -2.60. The van der Waals surface area contributed by atoms with Crippen LogP contribution >= 0.6 is 22.7 Å². The van der Waals surface area contributed by atoms with E-state index in [0.29, 0.717) is 41.8 Å². The van der Waals surface area contributed by atoms with E-state index >= 15 is 0 Å². The average molecular weight is 530 g/mol. The molecule has 0 spiro atoms. The SMILES string of the molecule is Cc1cc(C)n(CCN(C(=O)C2CCCN(S(=O)(=O)c3cccs3)C2)c2nc3ccccc3s2)n1. The van der Waals surface area contributed by atoms with Gasteiger partial charge in [-0.25, -0.2) is 13.4 Å². The summed E-state index contributed by atoms with van der Waals surface area (Å²) in [7, 11) is -3.60. The Balaban J connectivity index is 1.42. The van der Waals surface area contributed by atoms with E-state index in [1.165, 1.54) is 27.0 Å². The molecule has 4 heterocycles. The number of aryl methyl sites for hydroxylation is 2. The van der Waals surface area contributed by atoms with Gasteiger partial charge in [0.15, 0.2) is 5.13 Å². The highest BCUT2D eigenvalue weighted by Crippen LogP contribution is 2.32. The number of rotatable bonds is 7. The molecule has 8 nitrogen and oxygen atoms in total. The summed E-state index contributed by atoms with van der Waals surface area (Å²) >= 11 is 2.69. The lowest BCUT2D eigenvalue weighted by Crippen LogP contribution is -2.47. The molecule has 0 radical (unpaired) electrons. The van der Waals surface area contributed by atoms with Gasteiger partial charge in [-0.05, 0) is 56.3 Å². The number of hydrogen-bond acceptors (Lipinski definition) is 7. The minimum Gasteiger partial charge on any atom is -0.286 e. The van der Waals surface area contributed by atoms with Gasteiger partial charge in [-0.3, -0.25) is 14.4 Å². The van der Waals surface area contributed by atoms with Crippen LogP contribution in [0.15, 0.2) is 52.1 Å². The third-order valence-electron chi connectivity index (χ3n) is 6.24. The number of sulfonamides is 1. The van der Waals surface area contributed by atoms with Crippen LogP contribution in [0.3, 0.4) is 0 Å². The molecule has 0 aliphatic carbocycles. The molecule has 1 amide bonds. The maximum atomic E-state index is 13.9. The first-order valence-corrected chi connectivity index (χ1v) is 14.7. The van der Waals surface area contributed by atoms with Crippen molar-refractivity contribution in [3.8, 4) is 0 Å². The fraction of sp³-hybridized carbons (Fsp3) is 0.375. The van der Waals surface area contributed by atoms with Crippen LogP contribution in [-0.2, 0) is 21.4 Å². The second-order valence-electron chi connectivity index (χ2n) is 8.74. The topological polar surface area (TPSA) is 88.4 Å². The van der Waals surface area contributed by atoms with Crippen molar-refractivity contribution in [2.75, 3.05) is 24.5 Å². The molecule has 35 heavy (non-hydrogen) atoms. The summed E-state index contributed by atoms with van der Waals surface area (Å²) in [6.45, 7) is 5.50. The van der Waals surface area contributed by atoms with Crippen LogP contribution in [0.1, 0.15) is 24.2 Å². The monoisotopic (exact) mass is 529 g/mol. The highest BCUT2D eigenvalue weighted by Gasteiger charge is 2.36. The third kappa shape index (κ3) is 4.90. The zero-order valence-corrected chi connectivity index (χ0v) is 22.1. The van der Waals surface area contributed by atoms with Crippen molar-refractivity contribution in [1.29, 1.82) is 0 Å². The highest BCUT2D eigenvalue weighted by molar-refractivity contribution is 7.91. The number of nitrogens with zero attached hydrogens (tertiary/aromatic N) is 5. The van der Waals surface area contributed by atoms with Gasteiger partial charge in [0.05, 0.1) is 28.4 Å². The second kappa shape index (κ2) is 9.81. The maximum absolute atomic E-state index is 13.9. The fourth-order valence-corrected chi connectivity index (χ4v) is 8.16. The average Bonchev–Trinajstić information content (AvgIpc) is 3.59. The number of thiazole rings is 1. The molecule has 0 N–H and O–H groups in total. The first kappa shape index (κ1) is 24.1. The van der Waals surface area contributed by atoms with Crippen molar-refractivity contribution in [2.24, 2.45) is 5.92 Å². The number of hydrogen-bond donors (Lipinski definition) is 0. The smallest absolute Gasteiger partial charge is 0.252 e. The van der Waals surface area contributed by atoms with E-state index in [4.69, 9.17) is 4.98 Å². The minimum atomic E-state index is -3.60. The molecule has 11 heteroatoms. The summed E-state index contributed by atoms with van der Waals surface area (Å²) in [5.74, 6) is -0.511. The Bertz CT molecular complexity index is 1410. The summed E-state index contributed by atoms with van der Waals surface area (Å²) in [6, 6.07) is 13.2. The Morgan fingerprint density at radius 2 is 2.03 bits per heavy atom. The highest BCUT2D eigenvalue weighted by atomic mass is 32.2. The molecule has 4 aromatic rings. The minimum absolute atomic E-state index is 0.0864. The maximum Gasteiger partial charge on any atom is 0.252 e. The van der Waals surface area contributed by atoms with Crippen LogP contribution in [0.5, 0.6) is 0 Å². The van der Waals surface area contributed by atoms with Crippen molar-refractivity contribution >= 4 is 54.0 Å². The number of para-hydroxylation sites is 1. The summed E-state index contributed by atoms with van der Waals surface area (Å²) in [5.41, 5.74) is 2.81. The molecule has 184 valence electrons. The number of anilines is 1.